The molecule has 2 N–H and O–H groups in total. The Hall–Kier alpha value is -3.48. The van der Waals surface area contributed by atoms with Crippen LogP contribution in [-0.2, 0) is 11.2 Å². The van der Waals surface area contributed by atoms with Gasteiger partial charge in [0.1, 0.15) is 0 Å². The van der Waals surface area contributed by atoms with Gasteiger partial charge in [-0.15, -0.1) is 0 Å². The zero-order valence-electron chi connectivity index (χ0n) is 15.6. The first-order valence-corrected chi connectivity index (χ1v) is 9.26. The molecule has 142 valence electrons. The van der Waals surface area contributed by atoms with E-state index in [2.05, 4.69) is 20.7 Å². The molecule has 7 nitrogen and oxygen atoms in total. The molecule has 1 aliphatic carbocycles. The quantitative estimate of drug-likeness (QED) is 0.693. The van der Waals surface area contributed by atoms with Crippen LogP contribution in [0.15, 0.2) is 54.9 Å². The highest BCUT2D eigenvalue weighted by molar-refractivity contribution is 6.05. The Morgan fingerprint density at radius 1 is 1.14 bits per heavy atom. The third-order valence-corrected chi connectivity index (χ3v) is 4.64. The van der Waals surface area contributed by atoms with Gasteiger partial charge in [0.2, 0.25) is 5.91 Å². The summed E-state index contributed by atoms with van der Waals surface area (Å²) in [5.41, 5.74) is 2.78. The van der Waals surface area contributed by atoms with Gasteiger partial charge in [0.15, 0.2) is 5.82 Å². The van der Waals surface area contributed by atoms with Crippen LogP contribution in [0.3, 0.4) is 0 Å². The second kappa shape index (κ2) is 7.64. The Morgan fingerprint density at radius 2 is 1.93 bits per heavy atom. The van der Waals surface area contributed by atoms with Crippen molar-refractivity contribution in [3.05, 3.63) is 71.7 Å². The maximum atomic E-state index is 12.6. The predicted octanol–water partition coefficient (Wildman–Crippen LogP) is 2.65. The van der Waals surface area contributed by atoms with Gasteiger partial charge >= 0.3 is 0 Å². The molecule has 0 atom stereocenters. The van der Waals surface area contributed by atoms with Crippen LogP contribution in [0.4, 0.5) is 5.69 Å². The van der Waals surface area contributed by atoms with E-state index in [0.29, 0.717) is 35.2 Å². The number of nitrogens with one attached hydrogen (secondary N) is 2. The lowest BCUT2D eigenvalue weighted by molar-refractivity contribution is -0.120. The number of nitrogens with zero attached hydrogens (tertiary/aromatic N) is 3. The first-order valence-electron chi connectivity index (χ1n) is 9.26. The Bertz CT molecular complexity index is 991. The highest BCUT2D eigenvalue weighted by Crippen LogP contribution is 2.19. The minimum atomic E-state index is -0.237. The zero-order valence-corrected chi connectivity index (χ0v) is 15.6. The SMILES string of the molecule is Cc1c(C(=O)Nc2ccc(CC(=O)NC3CC3)cc2)cnn1-c1ccccn1. The molecular weight excluding hydrogens is 354 g/mol. The van der Waals surface area contributed by atoms with Crippen molar-refractivity contribution in [2.24, 2.45) is 0 Å². The molecule has 1 aromatic carbocycles. The van der Waals surface area contributed by atoms with Crippen LogP contribution in [-0.4, -0.2) is 32.6 Å². The zero-order chi connectivity index (χ0) is 19.5. The highest BCUT2D eigenvalue weighted by atomic mass is 16.2. The summed E-state index contributed by atoms with van der Waals surface area (Å²) >= 11 is 0. The number of anilines is 1. The molecule has 2 amide bonds. The second-order valence-electron chi connectivity index (χ2n) is 6.91. The molecule has 2 heterocycles. The summed E-state index contributed by atoms with van der Waals surface area (Å²) < 4.78 is 1.64. The van der Waals surface area contributed by atoms with Crippen molar-refractivity contribution in [3.63, 3.8) is 0 Å². The molecule has 7 heteroatoms. The van der Waals surface area contributed by atoms with E-state index in [1.807, 2.05) is 37.3 Å². The fourth-order valence-corrected chi connectivity index (χ4v) is 2.94. The van der Waals surface area contributed by atoms with E-state index in [1.54, 1.807) is 23.0 Å². The van der Waals surface area contributed by atoms with Crippen LogP contribution >= 0.6 is 0 Å². The van der Waals surface area contributed by atoms with E-state index in [1.165, 1.54) is 6.20 Å². The molecule has 4 rings (SSSR count). The second-order valence-corrected chi connectivity index (χ2v) is 6.91. The topological polar surface area (TPSA) is 88.9 Å². The lowest BCUT2D eigenvalue weighted by Gasteiger charge is -2.07. The number of carbonyl (C=O) groups excluding carboxylic acids is 2. The smallest absolute Gasteiger partial charge is 0.259 e. The van der Waals surface area contributed by atoms with Crippen molar-refractivity contribution in [2.75, 3.05) is 5.32 Å². The van der Waals surface area contributed by atoms with Crippen LogP contribution in [0.25, 0.3) is 5.82 Å². The molecule has 1 fully saturated rings. The van der Waals surface area contributed by atoms with E-state index < -0.39 is 0 Å². The van der Waals surface area contributed by atoms with Gasteiger partial charge in [0, 0.05) is 17.9 Å². The normalized spacial score (nSPS) is 13.2. The van der Waals surface area contributed by atoms with Crippen molar-refractivity contribution >= 4 is 17.5 Å². The number of carbonyl (C=O) groups is 2. The number of amides is 2. The Kier molecular flexibility index (Phi) is 4.89. The Labute approximate surface area is 162 Å². The van der Waals surface area contributed by atoms with Crippen LogP contribution in [0.1, 0.15) is 34.5 Å². The summed E-state index contributed by atoms with van der Waals surface area (Å²) in [7, 11) is 0. The highest BCUT2D eigenvalue weighted by Gasteiger charge is 2.23. The molecule has 1 aliphatic rings. The largest absolute Gasteiger partial charge is 0.353 e. The summed E-state index contributed by atoms with van der Waals surface area (Å²) in [5, 5.41) is 10.1. The van der Waals surface area contributed by atoms with Gasteiger partial charge in [-0.25, -0.2) is 9.67 Å². The minimum Gasteiger partial charge on any atom is -0.353 e. The summed E-state index contributed by atoms with van der Waals surface area (Å²) in [4.78, 5) is 28.8. The maximum absolute atomic E-state index is 12.6. The molecule has 0 aliphatic heterocycles. The van der Waals surface area contributed by atoms with E-state index in [4.69, 9.17) is 0 Å². The van der Waals surface area contributed by atoms with Crippen molar-refractivity contribution in [3.8, 4) is 5.82 Å². The fraction of sp³-hybridized carbons (Fsp3) is 0.238. The average molecular weight is 375 g/mol. The van der Waals surface area contributed by atoms with Gasteiger partial charge in [-0.1, -0.05) is 18.2 Å². The minimum absolute atomic E-state index is 0.0387. The van der Waals surface area contributed by atoms with E-state index in [-0.39, 0.29) is 11.8 Å². The number of benzene rings is 1. The van der Waals surface area contributed by atoms with E-state index >= 15 is 0 Å². The van der Waals surface area contributed by atoms with Gasteiger partial charge < -0.3 is 10.6 Å². The monoisotopic (exact) mass is 375 g/mol. The van der Waals surface area contributed by atoms with Gasteiger partial charge in [-0.2, -0.15) is 5.10 Å². The molecule has 0 bridgehead atoms. The number of pyridine rings is 1. The van der Waals surface area contributed by atoms with Gasteiger partial charge in [-0.05, 0) is 49.6 Å². The number of rotatable bonds is 6. The van der Waals surface area contributed by atoms with Gasteiger partial charge in [0.05, 0.1) is 23.9 Å². The van der Waals surface area contributed by atoms with Crippen molar-refractivity contribution in [1.29, 1.82) is 0 Å². The predicted molar refractivity (Wildman–Crippen MR) is 105 cm³/mol. The van der Waals surface area contributed by atoms with Crippen LogP contribution in [0, 0.1) is 6.92 Å². The number of hydrogen-bond acceptors (Lipinski definition) is 4. The van der Waals surface area contributed by atoms with Crippen LogP contribution < -0.4 is 10.6 Å². The molecule has 0 saturated heterocycles. The molecule has 28 heavy (non-hydrogen) atoms. The molecule has 1 saturated carbocycles. The van der Waals surface area contributed by atoms with Gasteiger partial charge in [-0.3, -0.25) is 9.59 Å². The molecule has 0 spiro atoms. The molecule has 2 aromatic heterocycles. The standard InChI is InChI=1S/C21H21N5O2/c1-14-18(13-23-26(14)19-4-2-3-11-22-19)21(28)25-17-7-5-15(6-8-17)12-20(27)24-16-9-10-16/h2-8,11,13,16H,9-10,12H2,1H3,(H,24,27)(H,25,28). The lowest BCUT2D eigenvalue weighted by Crippen LogP contribution is -2.26. The summed E-state index contributed by atoms with van der Waals surface area (Å²) in [5.74, 6) is 0.462. The summed E-state index contributed by atoms with van der Waals surface area (Å²) in [6.07, 6.45) is 5.72. The van der Waals surface area contributed by atoms with Gasteiger partial charge in [0.25, 0.3) is 5.91 Å². The number of aromatic nitrogens is 3. The number of hydrogen-bond donors (Lipinski definition) is 2. The Balaban J connectivity index is 1.41. The maximum Gasteiger partial charge on any atom is 0.259 e. The van der Waals surface area contributed by atoms with Crippen molar-refractivity contribution < 1.29 is 9.59 Å². The summed E-state index contributed by atoms with van der Waals surface area (Å²) in [6, 6.07) is 13.2. The Morgan fingerprint density at radius 3 is 2.61 bits per heavy atom. The molecule has 3 aromatic rings. The summed E-state index contributed by atoms with van der Waals surface area (Å²) in [6.45, 7) is 1.83. The first kappa shape index (κ1) is 17.9. The van der Waals surface area contributed by atoms with E-state index in [0.717, 1.165) is 18.4 Å². The third-order valence-electron chi connectivity index (χ3n) is 4.64. The fourth-order valence-electron chi connectivity index (χ4n) is 2.94. The van der Waals surface area contributed by atoms with Crippen LogP contribution in [0.2, 0.25) is 0 Å². The third kappa shape index (κ3) is 4.09. The molecular formula is C21H21N5O2. The van der Waals surface area contributed by atoms with E-state index in [9.17, 15) is 9.59 Å². The molecule has 0 unspecified atom stereocenters. The van der Waals surface area contributed by atoms with Crippen molar-refractivity contribution in [2.45, 2.75) is 32.2 Å². The van der Waals surface area contributed by atoms with Crippen LogP contribution in [0.5, 0.6) is 0 Å². The van der Waals surface area contributed by atoms with Crippen molar-refractivity contribution in [1.82, 2.24) is 20.1 Å². The lowest BCUT2D eigenvalue weighted by atomic mass is 10.1. The average Bonchev–Trinajstić information content (AvgIpc) is 3.42. The first-order chi connectivity index (χ1) is 13.6. The molecule has 0 radical (unpaired) electrons.